The number of nitrogen functional groups attached to an aromatic ring is 1. The molecule has 0 unspecified atom stereocenters. The minimum Gasteiger partial charge on any atom is -0.478 e. The highest BCUT2D eigenvalue weighted by molar-refractivity contribution is 7.07. The van der Waals surface area contributed by atoms with Crippen LogP contribution in [-0.2, 0) is 6.54 Å². The van der Waals surface area contributed by atoms with E-state index < -0.39 is 17.3 Å². The Labute approximate surface area is 110 Å². The second-order valence-electron chi connectivity index (χ2n) is 3.75. The fourth-order valence-corrected chi connectivity index (χ4v) is 2.08. The zero-order chi connectivity index (χ0) is 14.0. The van der Waals surface area contributed by atoms with Crippen LogP contribution in [0.3, 0.4) is 0 Å². The summed E-state index contributed by atoms with van der Waals surface area (Å²) < 4.78 is 13.5. The number of aromatic carboxylic acids is 1. The number of H-pyrrole nitrogens is 1. The summed E-state index contributed by atoms with van der Waals surface area (Å²) in [4.78, 5) is 24.0. The molecule has 100 valence electrons. The maximum atomic E-state index is 13.5. The molecular weight excluding hydrogens is 273 g/mol. The van der Waals surface area contributed by atoms with Crippen molar-refractivity contribution >= 4 is 28.7 Å². The van der Waals surface area contributed by atoms with E-state index in [9.17, 15) is 14.0 Å². The fraction of sp³-hybridized carbons (Fsp3) is 0.0909. The van der Waals surface area contributed by atoms with Crippen LogP contribution in [0.5, 0.6) is 0 Å². The number of thiazole rings is 1. The number of rotatable bonds is 4. The molecule has 0 radical (unpaired) electrons. The number of hydrogen-bond acceptors (Lipinski definition) is 5. The van der Waals surface area contributed by atoms with Crippen LogP contribution in [0.4, 0.5) is 15.8 Å². The minimum absolute atomic E-state index is 0.122. The van der Waals surface area contributed by atoms with E-state index in [0.717, 1.165) is 23.5 Å². The molecule has 0 atom stereocenters. The van der Waals surface area contributed by atoms with E-state index in [-0.39, 0.29) is 22.8 Å². The number of anilines is 2. The average Bonchev–Trinajstić information content (AvgIpc) is 2.75. The van der Waals surface area contributed by atoms with E-state index in [2.05, 4.69) is 10.3 Å². The van der Waals surface area contributed by atoms with Crippen molar-refractivity contribution in [1.82, 2.24) is 4.98 Å². The normalized spacial score (nSPS) is 10.4. The molecule has 0 saturated carbocycles. The van der Waals surface area contributed by atoms with Gasteiger partial charge in [0, 0.05) is 11.1 Å². The number of nitrogens with one attached hydrogen (secondary N) is 2. The highest BCUT2D eigenvalue weighted by atomic mass is 32.1. The van der Waals surface area contributed by atoms with Crippen LogP contribution in [-0.4, -0.2) is 16.1 Å². The van der Waals surface area contributed by atoms with E-state index in [1.807, 2.05) is 0 Å². The number of aromatic amines is 1. The summed E-state index contributed by atoms with van der Waals surface area (Å²) >= 11 is 1.02. The summed E-state index contributed by atoms with van der Waals surface area (Å²) in [6, 6.07) is 2.07. The molecule has 2 rings (SSSR count). The van der Waals surface area contributed by atoms with Crippen molar-refractivity contribution in [1.29, 1.82) is 0 Å². The van der Waals surface area contributed by atoms with Gasteiger partial charge in [0.05, 0.1) is 23.5 Å². The van der Waals surface area contributed by atoms with Gasteiger partial charge in [-0.15, -0.1) is 0 Å². The monoisotopic (exact) mass is 283 g/mol. The van der Waals surface area contributed by atoms with Crippen LogP contribution in [0.25, 0.3) is 0 Å². The molecule has 8 heteroatoms. The number of nitrogens with two attached hydrogens (primary N) is 1. The van der Waals surface area contributed by atoms with Crippen molar-refractivity contribution in [2.75, 3.05) is 11.1 Å². The van der Waals surface area contributed by atoms with Gasteiger partial charge in [0.1, 0.15) is 5.82 Å². The Morgan fingerprint density at radius 2 is 2.26 bits per heavy atom. The first-order chi connectivity index (χ1) is 8.97. The number of hydrogen-bond donors (Lipinski definition) is 4. The van der Waals surface area contributed by atoms with Gasteiger partial charge in [0.15, 0.2) is 0 Å². The maximum absolute atomic E-state index is 13.5. The molecule has 0 amide bonds. The molecule has 0 bridgehead atoms. The molecule has 0 aliphatic heterocycles. The summed E-state index contributed by atoms with van der Waals surface area (Å²) in [6.45, 7) is 0.259. The molecule has 0 saturated heterocycles. The van der Waals surface area contributed by atoms with E-state index in [0.29, 0.717) is 5.69 Å². The number of carboxylic acids is 1. The Bertz CT molecular complexity index is 680. The van der Waals surface area contributed by atoms with E-state index in [1.54, 1.807) is 5.38 Å². The zero-order valence-electron chi connectivity index (χ0n) is 9.57. The van der Waals surface area contributed by atoms with Crippen molar-refractivity contribution in [3.63, 3.8) is 0 Å². The molecule has 5 N–H and O–H groups in total. The van der Waals surface area contributed by atoms with Crippen molar-refractivity contribution < 1.29 is 14.3 Å². The van der Waals surface area contributed by atoms with Crippen molar-refractivity contribution in [2.45, 2.75) is 6.54 Å². The van der Waals surface area contributed by atoms with Crippen LogP contribution < -0.4 is 15.9 Å². The Morgan fingerprint density at radius 3 is 2.84 bits per heavy atom. The maximum Gasteiger partial charge on any atom is 0.338 e. The van der Waals surface area contributed by atoms with Crippen LogP contribution in [0, 0.1) is 5.82 Å². The number of carbonyl (C=O) groups is 1. The molecular formula is C11H10FN3O3S. The van der Waals surface area contributed by atoms with Crippen molar-refractivity contribution in [2.24, 2.45) is 0 Å². The number of aromatic nitrogens is 1. The highest BCUT2D eigenvalue weighted by Gasteiger charge is 2.13. The quantitative estimate of drug-likeness (QED) is 0.635. The van der Waals surface area contributed by atoms with Gasteiger partial charge >= 0.3 is 10.8 Å². The Hall–Kier alpha value is -2.35. The van der Waals surface area contributed by atoms with Gasteiger partial charge in [-0.1, -0.05) is 11.3 Å². The lowest BCUT2D eigenvalue weighted by atomic mass is 10.1. The predicted octanol–water partition coefficient (Wildman–Crippen LogP) is 1.47. The van der Waals surface area contributed by atoms with Crippen LogP contribution in [0.1, 0.15) is 16.1 Å². The second kappa shape index (κ2) is 5.11. The van der Waals surface area contributed by atoms with Crippen LogP contribution >= 0.6 is 11.3 Å². The molecule has 2 aromatic rings. The third-order valence-electron chi connectivity index (χ3n) is 2.41. The Kier molecular flexibility index (Phi) is 3.52. The van der Waals surface area contributed by atoms with Gasteiger partial charge in [-0.2, -0.15) is 0 Å². The van der Waals surface area contributed by atoms with Gasteiger partial charge in [-0.05, 0) is 12.1 Å². The van der Waals surface area contributed by atoms with Crippen molar-refractivity contribution in [3.05, 3.63) is 44.3 Å². The van der Waals surface area contributed by atoms with Crippen LogP contribution in [0.15, 0.2) is 22.3 Å². The van der Waals surface area contributed by atoms with Gasteiger partial charge < -0.3 is 21.1 Å². The summed E-state index contributed by atoms with van der Waals surface area (Å²) in [5, 5.41) is 13.2. The van der Waals surface area contributed by atoms with E-state index >= 15 is 0 Å². The number of benzene rings is 1. The zero-order valence-corrected chi connectivity index (χ0v) is 10.4. The van der Waals surface area contributed by atoms with E-state index in [4.69, 9.17) is 10.8 Å². The van der Waals surface area contributed by atoms with Gasteiger partial charge in [-0.3, -0.25) is 4.79 Å². The lowest BCUT2D eigenvalue weighted by Crippen LogP contribution is -2.08. The first kappa shape index (κ1) is 13.1. The molecule has 0 aliphatic rings. The van der Waals surface area contributed by atoms with Crippen molar-refractivity contribution in [3.8, 4) is 0 Å². The first-order valence-corrected chi connectivity index (χ1v) is 6.08. The summed E-state index contributed by atoms with van der Waals surface area (Å²) in [6.07, 6.45) is 0. The molecule has 0 aliphatic carbocycles. The third kappa shape index (κ3) is 2.91. The first-order valence-electron chi connectivity index (χ1n) is 5.20. The second-order valence-corrected chi connectivity index (χ2v) is 4.59. The smallest absolute Gasteiger partial charge is 0.338 e. The Balaban J connectivity index is 2.19. The van der Waals surface area contributed by atoms with Gasteiger partial charge in [0.25, 0.3) is 0 Å². The molecule has 1 heterocycles. The molecule has 0 fully saturated rings. The average molecular weight is 283 g/mol. The van der Waals surface area contributed by atoms with Gasteiger partial charge in [-0.25, -0.2) is 9.18 Å². The lowest BCUT2D eigenvalue weighted by molar-refractivity contribution is 0.0692. The fourth-order valence-electron chi connectivity index (χ4n) is 1.50. The minimum atomic E-state index is -1.38. The molecule has 1 aromatic heterocycles. The number of halogens is 1. The SMILES string of the molecule is Nc1cc(C(=O)O)c(F)cc1NCc1csc(=O)[nH]1. The topological polar surface area (TPSA) is 108 Å². The summed E-state index contributed by atoms with van der Waals surface area (Å²) in [5.41, 5.74) is 6.19. The molecule has 19 heavy (non-hydrogen) atoms. The highest BCUT2D eigenvalue weighted by Crippen LogP contribution is 2.23. The number of carboxylic acid groups (broad SMARTS) is 1. The molecule has 0 spiro atoms. The lowest BCUT2D eigenvalue weighted by Gasteiger charge is -2.09. The molecule has 6 nitrogen and oxygen atoms in total. The Morgan fingerprint density at radius 1 is 1.53 bits per heavy atom. The summed E-state index contributed by atoms with van der Waals surface area (Å²) in [7, 11) is 0. The van der Waals surface area contributed by atoms with Crippen LogP contribution in [0.2, 0.25) is 0 Å². The third-order valence-corrected chi connectivity index (χ3v) is 3.13. The largest absolute Gasteiger partial charge is 0.478 e. The summed E-state index contributed by atoms with van der Waals surface area (Å²) in [5.74, 6) is -2.25. The van der Waals surface area contributed by atoms with E-state index in [1.165, 1.54) is 0 Å². The molecule has 1 aromatic carbocycles. The van der Waals surface area contributed by atoms with Gasteiger partial charge in [0.2, 0.25) is 0 Å². The predicted molar refractivity (Wildman–Crippen MR) is 70.0 cm³/mol. The standard InChI is InChI=1S/C11H10FN3O3S/c12-7-2-9(8(13)1-6(7)10(16)17)14-3-5-4-19-11(18)15-5/h1-2,4,14H,3,13H2,(H,15,18)(H,16,17).